The first-order valence-electron chi connectivity index (χ1n) is 7.18. The molecule has 2 rings (SSSR count). The quantitative estimate of drug-likeness (QED) is 0.816. The molecule has 2 saturated heterocycles. The molecule has 1 amide bonds. The summed E-state index contributed by atoms with van der Waals surface area (Å²) in [5, 5.41) is 3.38. The lowest BCUT2D eigenvalue weighted by Crippen LogP contribution is -2.48. The van der Waals surface area contributed by atoms with Gasteiger partial charge < -0.3 is 10.2 Å². The predicted octanol–water partition coefficient (Wildman–Crippen LogP) is 2.02. The molecule has 0 aromatic rings. The molecular weight excluding hydrogens is 212 g/mol. The molecule has 1 N–H and O–H groups in total. The van der Waals surface area contributed by atoms with Crippen molar-refractivity contribution in [2.75, 3.05) is 26.2 Å². The van der Waals surface area contributed by atoms with Crippen LogP contribution in [0.5, 0.6) is 0 Å². The maximum atomic E-state index is 12.8. The Labute approximate surface area is 105 Å². The van der Waals surface area contributed by atoms with E-state index in [1.54, 1.807) is 0 Å². The van der Waals surface area contributed by atoms with E-state index in [1.807, 2.05) is 0 Å². The third-order valence-electron chi connectivity index (χ3n) is 4.45. The van der Waals surface area contributed by atoms with Crippen LogP contribution in [0.4, 0.5) is 0 Å². The smallest absolute Gasteiger partial charge is 0.228 e. The van der Waals surface area contributed by atoms with Crippen molar-refractivity contribution in [3.8, 4) is 0 Å². The molecule has 0 bridgehead atoms. The lowest BCUT2D eigenvalue weighted by molar-refractivity contribution is -0.143. The highest BCUT2D eigenvalue weighted by Gasteiger charge is 2.42. The molecule has 0 saturated carbocycles. The first kappa shape index (κ1) is 12.9. The minimum Gasteiger partial charge on any atom is -0.342 e. The Morgan fingerprint density at radius 2 is 2.12 bits per heavy atom. The van der Waals surface area contributed by atoms with E-state index in [9.17, 15) is 4.79 Å². The summed E-state index contributed by atoms with van der Waals surface area (Å²) < 4.78 is 0. The summed E-state index contributed by atoms with van der Waals surface area (Å²) in [5.41, 5.74) is -0.0376. The summed E-state index contributed by atoms with van der Waals surface area (Å²) >= 11 is 0. The van der Waals surface area contributed by atoms with Crippen molar-refractivity contribution in [3.63, 3.8) is 0 Å². The molecule has 3 nitrogen and oxygen atoms in total. The lowest BCUT2D eigenvalue weighted by atomic mass is 9.74. The van der Waals surface area contributed by atoms with E-state index in [2.05, 4.69) is 24.1 Å². The molecule has 0 spiro atoms. The third kappa shape index (κ3) is 2.65. The van der Waals surface area contributed by atoms with Crippen molar-refractivity contribution in [2.24, 2.45) is 11.3 Å². The van der Waals surface area contributed by atoms with Gasteiger partial charge in [0.15, 0.2) is 0 Å². The molecule has 1 atom stereocenters. The number of piperidine rings is 1. The molecule has 2 aliphatic heterocycles. The van der Waals surface area contributed by atoms with Gasteiger partial charge >= 0.3 is 0 Å². The molecule has 0 aromatic heterocycles. The number of rotatable bonds is 3. The molecule has 17 heavy (non-hydrogen) atoms. The van der Waals surface area contributed by atoms with Crippen molar-refractivity contribution in [1.29, 1.82) is 0 Å². The maximum absolute atomic E-state index is 12.8. The minimum atomic E-state index is -0.0376. The summed E-state index contributed by atoms with van der Waals surface area (Å²) in [4.78, 5) is 14.9. The van der Waals surface area contributed by atoms with Gasteiger partial charge in [-0.05, 0) is 44.7 Å². The van der Waals surface area contributed by atoms with Crippen LogP contribution in [0.3, 0.4) is 0 Å². The molecular formula is C14H26N2O. The van der Waals surface area contributed by atoms with Gasteiger partial charge in [0.1, 0.15) is 0 Å². The summed E-state index contributed by atoms with van der Waals surface area (Å²) in [6.07, 6.45) is 5.44. The Morgan fingerprint density at radius 3 is 2.65 bits per heavy atom. The fourth-order valence-electron chi connectivity index (χ4n) is 3.41. The van der Waals surface area contributed by atoms with E-state index in [4.69, 9.17) is 0 Å². The van der Waals surface area contributed by atoms with Crippen molar-refractivity contribution in [3.05, 3.63) is 0 Å². The van der Waals surface area contributed by atoms with E-state index in [-0.39, 0.29) is 5.41 Å². The van der Waals surface area contributed by atoms with Crippen LogP contribution >= 0.6 is 0 Å². The van der Waals surface area contributed by atoms with E-state index in [1.165, 1.54) is 6.42 Å². The zero-order valence-electron chi connectivity index (χ0n) is 11.3. The van der Waals surface area contributed by atoms with Crippen LogP contribution in [-0.2, 0) is 4.79 Å². The van der Waals surface area contributed by atoms with E-state index in [0.29, 0.717) is 11.8 Å². The molecule has 98 valence electrons. The summed E-state index contributed by atoms with van der Waals surface area (Å²) in [5.74, 6) is 1.14. The second kappa shape index (κ2) is 5.38. The molecule has 2 fully saturated rings. The number of carbonyl (C=O) groups is 1. The van der Waals surface area contributed by atoms with Gasteiger partial charge in [0.05, 0.1) is 5.41 Å². The summed E-state index contributed by atoms with van der Waals surface area (Å²) in [6, 6.07) is 0. The van der Waals surface area contributed by atoms with E-state index in [0.717, 1.165) is 51.9 Å². The number of carbonyl (C=O) groups excluding carboxylic acids is 1. The minimum absolute atomic E-state index is 0.0376. The number of likely N-dealkylation sites (tertiary alicyclic amines) is 1. The van der Waals surface area contributed by atoms with Gasteiger partial charge in [-0.2, -0.15) is 0 Å². The normalized spacial score (nSPS) is 28.4. The summed E-state index contributed by atoms with van der Waals surface area (Å²) in [6.45, 7) is 8.44. The fraction of sp³-hybridized carbons (Fsp3) is 0.929. The number of hydrogen-bond acceptors (Lipinski definition) is 2. The van der Waals surface area contributed by atoms with E-state index >= 15 is 0 Å². The van der Waals surface area contributed by atoms with Crippen LogP contribution in [0.2, 0.25) is 0 Å². The molecule has 1 unspecified atom stereocenters. The first-order chi connectivity index (χ1) is 8.18. The van der Waals surface area contributed by atoms with Gasteiger partial charge in [-0.15, -0.1) is 0 Å². The monoisotopic (exact) mass is 238 g/mol. The molecule has 2 heterocycles. The predicted molar refractivity (Wildman–Crippen MR) is 69.8 cm³/mol. The van der Waals surface area contributed by atoms with Gasteiger partial charge in [-0.3, -0.25) is 4.79 Å². The molecule has 0 aliphatic carbocycles. The molecule has 3 heteroatoms. The van der Waals surface area contributed by atoms with Gasteiger partial charge in [-0.1, -0.05) is 20.3 Å². The number of hydrogen-bond donors (Lipinski definition) is 1. The number of amides is 1. The van der Waals surface area contributed by atoms with Gasteiger partial charge in [0.25, 0.3) is 0 Å². The molecule has 2 aliphatic rings. The van der Waals surface area contributed by atoms with Gasteiger partial charge in [-0.25, -0.2) is 0 Å². The van der Waals surface area contributed by atoms with Gasteiger partial charge in [0, 0.05) is 13.1 Å². The second-order valence-corrected chi connectivity index (χ2v) is 5.93. The Morgan fingerprint density at radius 1 is 1.41 bits per heavy atom. The lowest BCUT2D eigenvalue weighted by Gasteiger charge is -2.39. The van der Waals surface area contributed by atoms with Crippen LogP contribution in [0.1, 0.15) is 46.0 Å². The maximum Gasteiger partial charge on any atom is 0.228 e. The number of nitrogens with one attached hydrogen (secondary N) is 1. The van der Waals surface area contributed by atoms with Crippen LogP contribution in [-0.4, -0.2) is 37.0 Å². The zero-order chi connectivity index (χ0) is 12.3. The second-order valence-electron chi connectivity index (χ2n) is 5.93. The molecule has 0 radical (unpaired) electrons. The molecule has 0 aromatic carbocycles. The highest BCUT2D eigenvalue weighted by molar-refractivity contribution is 5.83. The fourth-order valence-corrected chi connectivity index (χ4v) is 3.41. The van der Waals surface area contributed by atoms with Crippen molar-refractivity contribution in [1.82, 2.24) is 10.2 Å². The SMILES string of the molecule is CCCC1(C(=O)N2CCC(C)C2)CCNCC1. The van der Waals surface area contributed by atoms with Crippen molar-refractivity contribution >= 4 is 5.91 Å². The van der Waals surface area contributed by atoms with Crippen LogP contribution in [0.25, 0.3) is 0 Å². The van der Waals surface area contributed by atoms with Crippen molar-refractivity contribution < 1.29 is 4.79 Å². The average Bonchev–Trinajstić information content (AvgIpc) is 2.76. The van der Waals surface area contributed by atoms with Crippen LogP contribution in [0.15, 0.2) is 0 Å². The average molecular weight is 238 g/mol. The summed E-state index contributed by atoms with van der Waals surface area (Å²) in [7, 11) is 0. The topological polar surface area (TPSA) is 32.3 Å². The standard InChI is InChI=1S/C14H26N2O/c1-3-5-14(6-8-15-9-7-14)13(17)16-10-4-12(2)11-16/h12,15H,3-11H2,1-2H3. The Balaban J connectivity index is 2.06. The zero-order valence-corrected chi connectivity index (χ0v) is 11.3. The largest absolute Gasteiger partial charge is 0.342 e. The Hall–Kier alpha value is -0.570. The highest BCUT2D eigenvalue weighted by atomic mass is 16.2. The Bertz CT molecular complexity index is 266. The number of nitrogens with zero attached hydrogens (tertiary/aromatic N) is 1. The Kier molecular flexibility index (Phi) is 4.08. The highest BCUT2D eigenvalue weighted by Crippen LogP contribution is 2.37. The van der Waals surface area contributed by atoms with Crippen LogP contribution < -0.4 is 5.32 Å². The van der Waals surface area contributed by atoms with Crippen molar-refractivity contribution in [2.45, 2.75) is 46.0 Å². The van der Waals surface area contributed by atoms with Gasteiger partial charge in [0.2, 0.25) is 5.91 Å². The van der Waals surface area contributed by atoms with Crippen LogP contribution in [0, 0.1) is 11.3 Å². The first-order valence-corrected chi connectivity index (χ1v) is 7.18. The van der Waals surface area contributed by atoms with E-state index < -0.39 is 0 Å². The third-order valence-corrected chi connectivity index (χ3v) is 4.45.